The molecule has 0 aromatic heterocycles. The maximum absolute atomic E-state index is 10.9. The summed E-state index contributed by atoms with van der Waals surface area (Å²) in [6, 6.07) is 4.52. The largest absolute Gasteiger partial charge is 0.493 e. The highest BCUT2D eigenvalue weighted by molar-refractivity contribution is 6.31. The van der Waals surface area contributed by atoms with E-state index in [1.165, 1.54) is 6.07 Å². The molecule has 0 aliphatic rings. The third-order valence-corrected chi connectivity index (χ3v) is 2.47. The first kappa shape index (κ1) is 13.8. The molecule has 1 aromatic rings. The number of ether oxygens (including phenoxy) is 1. The van der Waals surface area contributed by atoms with E-state index < -0.39 is 5.97 Å². The van der Waals surface area contributed by atoms with E-state index in [0.717, 1.165) is 19.3 Å². The number of carboxylic acids is 1. The Labute approximate surface area is 105 Å². The van der Waals surface area contributed by atoms with Crippen molar-refractivity contribution in [2.45, 2.75) is 19.3 Å². The lowest BCUT2D eigenvalue weighted by Crippen LogP contribution is -2.04. The molecule has 0 aliphatic carbocycles. The number of aliphatic hydroxyl groups is 1. The van der Waals surface area contributed by atoms with Crippen molar-refractivity contribution in [3.05, 3.63) is 28.8 Å². The van der Waals surface area contributed by atoms with Crippen LogP contribution in [0.1, 0.15) is 29.6 Å². The van der Waals surface area contributed by atoms with Crippen LogP contribution in [0.4, 0.5) is 0 Å². The number of rotatable bonds is 7. The summed E-state index contributed by atoms with van der Waals surface area (Å²) in [5.41, 5.74) is 0.0691. The molecule has 0 heterocycles. The van der Waals surface area contributed by atoms with E-state index in [-0.39, 0.29) is 12.2 Å². The average molecular weight is 259 g/mol. The van der Waals surface area contributed by atoms with Crippen molar-refractivity contribution in [2.75, 3.05) is 13.2 Å². The van der Waals surface area contributed by atoms with E-state index >= 15 is 0 Å². The molecule has 1 rings (SSSR count). The second-order valence-corrected chi connectivity index (χ2v) is 4.01. The Morgan fingerprint density at radius 2 is 2.06 bits per heavy atom. The zero-order chi connectivity index (χ0) is 12.7. The fraction of sp³-hybridized carbons (Fsp3) is 0.417. The Morgan fingerprint density at radius 3 is 2.71 bits per heavy atom. The maximum atomic E-state index is 10.9. The lowest BCUT2D eigenvalue weighted by Gasteiger charge is -2.09. The fourth-order valence-corrected chi connectivity index (χ4v) is 1.54. The number of halogens is 1. The molecule has 0 unspecified atom stereocenters. The van der Waals surface area contributed by atoms with Gasteiger partial charge in [-0.15, -0.1) is 0 Å². The van der Waals surface area contributed by atoms with Crippen LogP contribution in [0.3, 0.4) is 0 Å². The first-order chi connectivity index (χ1) is 8.15. The van der Waals surface area contributed by atoms with Crippen LogP contribution in [0, 0.1) is 0 Å². The van der Waals surface area contributed by atoms with Crippen molar-refractivity contribution >= 4 is 17.6 Å². The molecule has 0 saturated heterocycles. The molecule has 1 aromatic carbocycles. The molecule has 17 heavy (non-hydrogen) atoms. The summed E-state index contributed by atoms with van der Waals surface area (Å²) in [5.74, 6) is -0.733. The minimum Gasteiger partial charge on any atom is -0.493 e. The number of carboxylic acid groups (broad SMARTS) is 1. The second kappa shape index (κ2) is 7.14. The molecule has 4 nitrogen and oxygen atoms in total. The molecule has 0 radical (unpaired) electrons. The SMILES string of the molecule is O=C(O)c1cc(Cl)ccc1OCCCCCO. The Kier molecular flexibility index (Phi) is 5.80. The molecule has 0 atom stereocenters. The number of aliphatic hydroxyl groups excluding tert-OH is 1. The van der Waals surface area contributed by atoms with Crippen LogP contribution >= 0.6 is 11.6 Å². The Balaban J connectivity index is 2.55. The van der Waals surface area contributed by atoms with Gasteiger partial charge in [0.05, 0.1) is 6.61 Å². The molecule has 0 bridgehead atoms. The zero-order valence-corrected chi connectivity index (χ0v) is 10.1. The number of unbranched alkanes of at least 4 members (excludes halogenated alkanes) is 2. The summed E-state index contributed by atoms with van der Waals surface area (Å²) in [4.78, 5) is 10.9. The summed E-state index contributed by atoms with van der Waals surface area (Å²) in [7, 11) is 0. The van der Waals surface area contributed by atoms with Gasteiger partial charge in [-0.05, 0) is 37.5 Å². The Bertz CT molecular complexity index is 379. The molecule has 5 heteroatoms. The molecule has 0 saturated carbocycles. The molecular formula is C12H15ClO4. The number of hydrogen-bond donors (Lipinski definition) is 2. The average Bonchev–Trinajstić information content (AvgIpc) is 2.30. The van der Waals surface area contributed by atoms with Crippen LogP contribution in [0.25, 0.3) is 0 Å². The minimum atomic E-state index is -1.06. The van der Waals surface area contributed by atoms with Gasteiger partial charge in [0.25, 0.3) is 0 Å². The van der Waals surface area contributed by atoms with Crippen LogP contribution in [-0.4, -0.2) is 29.4 Å². The van der Waals surface area contributed by atoms with Crippen LogP contribution in [0.15, 0.2) is 18.2 Å². The second-order valence-electron chi connectivity index (χ2n) is 3.58. The van der Waals surface area contributed by atoms with Gasteiger partial charge in [-0.2, -0.15) is 0 Å². The van der Waals surface area contributed by atoms with Crippen molar-refractivity contribution in [1.82, 2.24) is 0 Å². The van der Waals surface area contributed by atoms with Crippen LogP contribution in [0.5, 0.6) is 5.75 Å². The molecule has 2 N–H and O–H groups in total. The van der Waals surface area contributed by atoms with Crippen LogP contribution < -0.4 is 4.74 Å². The Hall–Kier alpha value is -1.26. The van der Waals surface area contributed by atoms with E-state index in [1.54, 1.807) is 12.1 Å². The summed E-state index contributed by atoms with van der Waals surface area (Å²) in [6.45, 7) is 0.600. The quantitative estimate of drug-likeness (QED) is 0.738. The highest BCUT2D eigenvalue weighted by atomic mass is 35.5. The van der Waals surface area contributed by atoms with Crippen molar-refractivity contribution < 1.29 is 19.7 Å². The van der Waals surface area contributed by atoms with Crippen molar-refractivity contribution in [1.29, 1.82) is 0 Å². The number of hydrogen-bond acceptors (Lipinski definition) is 3. The van der Waals surface area contributed by atoms with Gasteiger partial charge in [0.1, 0.15) is 11.3 Å². The van der Waals surface area contributed by atoms with E-state index in [0.29, 0.717) is 17.4 Å². The van der Waals surface area contributed by atoms with Crippen molar-refractivity contribution in [3.63, 3.8) is 0 Å². The third-order valence-electron chi connectivity index (χ3n) is 2.23. The highest BCUT2D eigenvalue weighted by Crippen LogP contribution is 2.23. The Morgan fingerprint density at radius 1 is 1.29 bits per heavy atom. The van der Waals surface area contributed by atoms with Gasteiger partial charge in [0.2, 0.25) is 0 Å². The van der Waals surface area contributed by atoms with Gasteiger partial charge >= 0.3 is 5.97 Å². The van der Waals surface area contributed by atoms with Gasteiger partial charge in [0, 0.05) is 11.6 Å². The monoisotopic (exact) mass is 258 g/mol. The highest BCUT2D eigenvalue weighted by Gasteiger charge is 2.11. The van der Waals surface area contributed by atoms with Gasteiger partial charge in [-0.3, -0.25) is 0 Å². The molecular weight excluding hydrogens is 244 g/mol. The van der Waals surface area contributed by atoms with Gasteiger partial charge in [-0.25, -0.2) is 4.79 Å². The molecule has 94 valence electrons. The topological polar surface area (TPSA) is 66.8 Å². The lowest BCUT2D eigenvalue weighted by molar-refractivity contribution is 0.0692. The lowest BCUT2D eigenvalue weighted by atomic mass is 10.2. The smallest absolute Gasteiger partial charge is 0.339 e. The molecule has 0 fully saturated rings. The predicted octanol–water partition coefficient (Wildman–Crippen LogP) is 2.58. The minimum absolute atomic E-state index is 0.0691. The summed E-state index contributed by atoms with van der Waals surface area (Å²) in [5, 5.41) is 17.9. The first-order valence-corrected chi connectivity index (χ1v) is 5.79. The summed E-state index contributed by atoms with van der Waals surface area (Å²) < 4.78 is 5.38. The van der Waals surface area contributed by atoms with E-state index in [4.69, 9.17) is 26.6 Å². The van der Waals surface area contributed by atoms with Gasteiger partial charge < -0.3 is 14.9 Å². The number of benzene rings is 1. The normalized spacial score (nSPS) is 10.2. The zero-order valence-electron chi connectivity index (χ0n) is 9.36. The van der Waals surface area contributed by atoms with Crippen molar-refractivity contribution in [2.24, 2.45) is 0 Å². The van der Waals surface area contributed by atoms with Gasteiger partial charge in [-0.1, -0.05) is 11.6 Å². The molecule has 0 amide bonds. The summed E-state index contributed by atoms with van der Waals surface area (Å²) in [6.07, 6.45) is 2.37. The standard InChI is InChI=1S/C12H15ClO4/c13-9-4-5-11(10(8-9)12(15)16)17-7-3-1-2-6-14/h4-5,8,14H,1-3,6-7H2,(H,15,16). The fourth-order valence-electron chi connectivity index (χ4n) is 1.37. The van der Waals surface area contributed by atoms with E-state index in [9.17, 15) is 4.79 Å². The number of aromatic carboxylic acids is 1. The maximum Gasteiger partial charge on any atom is 0.339 e. The number of carbonyl (C=O) groups is 1. The van der Waals surface area contributed by atoms with Crippen LogP contribution in [0.2, 0.25) is 5.02 Å². The van der Waals surface area contributed by atoms with E-state index in [1.807, 2.05) is 0 Å². The van der Waals surface area contributed by atoms with Gasteiger partial charge in [0.15, 0.2) is 0 Å². The summed E-state index contributed by atoms with van der Waals surface area (Å²) >= 11 is 5.72. The predicted molar refractivity (Wildman–Crippen MR) is 64.8 cm³/mol. The first-order valence-electron chi connectivity index (χ1n) is 5.41. The van der Waals surface area contributed by atoms with Crippen molar-refractivity contribution in [3.8, 4) is 5.75 Å². The third kappa shape index (κ3) is 4.63. The van der Waals surface area contributed by atoms with E-state index in [2.05, 4.69) is 0 Å². The van der Waals surface area contributed by atoms with Crippen LogP contribution in [-0.2, 0) is 0 Å². The molecule has 0 aliphatic heterocycles. The molecule has 0 spiro atoms.